The topological polar surface area (TPSA) is 9.23 Å². The van der Waals surface area contributed by atoms with E-state index in [1.54, 1.807) is 12.1 Å². The van der Waals surface area contributed by atoms with Gasteiger partial charge < -0.3 is 4.74 Å². The summed E-state index contributed by atoms with van der Waals surface area (Å²) in [7, 11) is 0. The van der Waals surface area contributed by atoms with E-state index in [-0.39, 0.29) is 11.9 Å². The molecule has 4 rings (SSSR count). The second-order valence-electron chi connectivity index (χ2n) is 5.90. The van der Waals surface area contributed by atoms with Gasteiger partial charge in [0.25, 0.3) is 0 Å². The lowest BCUT2D eigenvalue weighted by atomic mass is 9.96. The van der Waals surface area contributed by atoms with E-state index in [9.17, 15) is 4.39 Å². The largest absolute Gasteiger partial charge is 0.484 e. The van der Waals surface area contributed by atoms with E-state index in [0.717, 1.165) is 23.3 Å². The zero-order chi connectivity index (χ0) is 16.4. The van der Waals surface area contributed by atoms with Crippen LogP contribution in [-0.2, 0) is 4.74 Å². The lowest BCUT2D eigenvalue weighted by Gasteiger charge is -2.13. The van der Waals surface area contributed by atoms with Gasteiger partial charge >= 0.3 is 0 Å². The Morgan fingerprint density at radius 3 is 1.92 bits per heavy atom. The molecule has 1 nitrogen and oxygen atoms in total. The highest BCUT2D eigenvalue weighted by molar-refractivity contribution is 5.89. The van der Waals surface area contributed by atoms with E-state index in [1.165, 1.54) is 23.3 Å². The van der Waals surface area contributed by atoms with Gasteiger partial charge in [0.15, 0.2) is 0 Å². The maximum absolute atomic E-state index is 13.2. The predicted molar refractivity (Wildman–Crippen MR) is 94.5 cm³/mol. The third kappa shape index (κ3) is 2.83. The summed E-state index contributed by atoms with van der Waals surface area (Å²) < 4.78 is 19.5. The second-order valence-corrected chi connectivity index (χ2v) is 5.90. The molecular weight excluding hydrogens is 299 g/mol. The van der Waals surface area contributed by atoms with Crippen molar-refractivity contribution in [1.82, 2.24) is 0 Å². The van der Waals surface area contributed by atoms with Gasteiger partial charge in [-0.1, -0.05) is 72.8 Å². The Balaban J connectivity index is 1.74. The van der Waals surface area contributed by atoms with Crippen molar-refractivity contribution in [3.05, 3.63) is 107 Å². The number of benzene rings is 3. The van der Waals surface area contributed by atoms with Crippen LogP contribution in [0.4, 0.5) is 4.39 Å². The van der Waals surface area contributed by atoms with Crippen LogP contribution in [0.1, 0.15) is 29.2 Å². The zero-order valence-electron chi connectivity index (χ0n) is 13.2. The summed E-state index contributed by atoms with van der Waals surface area (Å²) in [6, 6.07) is 27.0. The van der Waals surface area contributed by atoms with Crippen molar-refractivity contribution >= 4 is 11.3 Å². The summed E-state index contributed by atoms with van der Waals surface area (Å²) in [5.41, 5.74) is 4.42. The van der Waals surface area contributed by atoms with Crippen LogP contribution in [0, 0.1) is 5.82 Å². The summed E-state index contributed by atoms with van der Waals surface area (Å²) in [5.74, 6) is 0.687. The SMILES string of the molecule is Fc1ccc(C2CC(c3ccccc3)=C(c3ccccc3)O2)cc1. The summed E-state index contributed by atoms with van der Waals surface area (Å²) in [6.07, 6.45) is 0.691. The lowest BCUT2D eigenvalue weighted by molar-refractivity contribution is 0.195. The van der Waals surface area contributed by atoms with Crippen molar-refractivity contribution in [2.45, 2.75) is 12.5 Å². The summed E-state index contributed by atoms with van der Waals surface area (Å²) in [6.45, 7) is 0. The van der Waals surface area contributed by atoms with Crippen LogP contribution in [0.5, 0.6) is 0 Å². The Kier molecular flexibility index (Phi) is 3.87. The smallest absolute Gasteiger partial charge is 0.131 e. The molecule has 0 radical (unpaired) electrons. The van der Waals surface area contributed by atoms with Gasteiger partial charge in [-0.05, 0) is 23.3 Å². The van der Waals surface area contributed by atoms with Gasteiger partial charge in [0, 0.05) is 17.6 Å². The summed E-state index contributed by atoms with van der Waals surface area (Å²) >= 11 is 0. The Labute approximate surface area is 141 Å². The fourth-order valence-electron chi connectivity index (χ4n) is 3.12. The van der Waals surface area contributed by atoms with Gasteiger partial charge in [-0.3, -0.25) is 0 Å². The van der Waals surface area contributed by atoms with Crippen molar-refractivity contribution < 1.29 is 9.13 Å². The van der Waals surface area contributed by atoms with E-state index in [1.807, 2.05) is 36.4 Å². The van der Waals surface area contributed by atoms with Crippen LogP contribution < -0.4 is 0 Å². The van der Waals surface area contributed by atoms with E-state index in [2.05, 4.69) is 24.3 Å². The Bertz CT molecular complexity index is 800. The summed E-state index contributed by atoms with van der Waals surface area (Å²) in [5, 5.41) is 0. The molecule has 0 spiro atoms. The third-order valence-corrected chi connectivity index (χ3v) is 4.32. The van der Waals surface area contributed by atoms with Gasteiger partial charge in [0.2, 0.25) is 0 Å². The first-order valence-electron chi connectivity index (χ1n) is 8.07. The van der Waals surface area contributed by atoms with Gasteiger partial charge in [0.1, 0.15) is 17.7 Å². The molecule has 0 amide bonds. The lowest BCUT2D eigenvalue weighted by Crippen LogP contribution is -1.97. The molecule has 1 heterocycles. The average molecular weight is 316 g/mol. The van der Waals surface area contributed by atoms with E-state index in [0.29, 0.717) is 0 Å². The van der Waals surface area contributed by atoms with E-state index in [4.69, 9.17) is 4.74 Å². The molecule has 0 saturated heterocycles. The minimum Gasteiger partial charge on any atom is -0.484 e. The average Bonchev–Trinajstić information content (AvgIpc) is 3.09. The highest BCUT2D eigenvalue weighted by atomic mass is 19.1. The molecule has 1 atom stereocenters. The van der Waals surface area contributed by atoms with Gasteiger partial charge in [-0.2, -0.15) is 0 Å². The normalized spacial score (nSPS) is 17.0. The number of ether oxygens (including phenoxy) is 1. The second kappa shape index (κ2) is 6.32. The van der Waals surface area contributed by atoms with Crippen LogP contribution in [0.2, 0.25) is 0 Å². The number of rotatable bonds is 3. The maximum atomic E-state index is 13.2. The Morgan fingerprint density at radius 2 is 1.29 bits per heavy atom. The van der Waals surface area contributed by atoms with Crippen LogP contribution in [0.25, 0.3) is 11.3 Å². The molecule has 1 aliphatic rings. The van der Waals surface area contributed by atoms with Crippen LogP contribution in [0.3, 0.4) is 0 Å². The molecule has 0 saturated carbocycles. The quantitative estimate of drug-likeness (QED) is 0.588. The van der Waals surface area contributed by atoms with Crippen molar-refractivity contribution in [2.75, 3.05) is 0 Å². The monoisotopic (exact) mass is 316 g/mol. The number of hydrogen-bond donors (Lipinski definition) is 0. The molecule has 118 valence electrons. The van der Waals surface area contributed by atoms with Crippen molar-refractivity contribution in [2.24, 2.45) is 0 Å². The first-order valence-corrected chi connectivity index (χ1v) is 8.07. The molecule has 0 bridgehead atoms. The number of halogens is 1. The Morgan fingerprint density at radius 1 is 0.708 bits per heavy atom. The first-order chi connectivity index (χ1) is 11.8. The molecule has 0 fully saturated rings. The zero-order valence-corrected chi connectivity index (χ0v) is 13.2. The predicted octanol–water partition coefficient (Wildman–Crippen LogP) is 5.86. The molecule has 3 aromatic rings. The van der Waals surface area contributed by atoms with Crippen molar-refractivity contribution in [3.8, 4) is 0 Å². The van der Waals surface area contributed by atoms with E-state index < -0.39 is 0 Å². The molecule has 0 N–H and O–H groups in total. The van der Waals surface area contributed by atoms with Crippen molar-refractivity contribution in [1.29, 1.82) is 0 Å². The van der Waals surface area contributed by atoms with E-state index >= 15 is 0 Å². The number of hydrogen-bond acceptors (Lipinski definition) is 1. The first kappa shape index (κ1) is 14.7. The van der Waals surface area contributed by atoms with Crippen LogP contribution in [-0.4, -0.2) is 0 Å². The maximum Gasteiger partial charge on any atom is 0.131 e. The van der Waals surface area contributed by atoms with Gasteiger partial charge in [0.05, 0.1) is 0 Å². The molecule has 1 unspecified atom stereocenters. The minimum absolute atomic E-state index is 0.0870. The third-order valence-electron chi connectivity index (χ3n) is 4.32. The van der Waals surface area contributed by atoms with Gasteiger partial charge in [-0.15, -0.1) is 0 Å². The standard InChI is InChI=1S/C22H17FO/c23-19-13-11-17(12-14-19)21-15-20(16-7-3-1-4-8-16)22(24-21)18-9-5-2-6-10-18/h1-14,21H,15H2. The highest BCUT2D eigenvalue weighted by Crippen LogP contribution is 2.44. The fourth-order valence-corrected chi connectivity index (χ4v) is 3.12. The molecule has 3 aromatic carbocycles. The summed E-state index contributed by atoms with van der Waals surface area (Å²) in [4.78, 5) is 0. The van der Waals surface area contributed by atoms with Crippen LogP contribution >= 0.6 is 0 Å². The Hall–Kier alpha value is -2.87. The fraction of sp³-hybridized carbons (Fsp3) is 0.0909. The van der Waals surface area contributed by atoms with Gasteiger partial charge in [-0.25, -0.2) is 4.39 Å². The molecule has 0 aromatic heterocycles. The van der Waals surface area contributed by atoms with Crippen LogP contribution in [0.15, 0.2) is 84.9 Å². The minimum atomic E-state index is -0.226. The van der Waals surface area contributed by atoms with Crippen molar-refractivity contribution in [3.63, 3.8) is 0 Å². The highest BCUT2D eigenvalue weighted by Gasteiger charge is 2.28. The molecular formula is C22H17FO. The molecule has 1 aliphatic heterocycles. The molecule has 0 aliphatic carbocycles. The molecule has 24 heavy (non-hydrogen) atoms. The molecule has 2 heteroatoms.